The minimum absolute atomic E-state index is 0.101. The Morgan fingerprint density at radius 1 is 1.26 bits per heavy atom. The van der Waals surface area contributed by atoms with Gasteiger partial charge < -0.3 is 10.1 Å². The van der Waals surface area contributed by atoms with E-state index in [1.807, 2.05) is 12.1 Å². The number of carbonyl (C=O) groups excluding carboxylic acids is 1. The SMILES string of the molecule is C[C@@H](CCNC(=O)c1cccc(-c2ccc(=O)n(C)n2)c1)N1CCOCC1. The molecule has 7 heteroatoms. The summed E-state index contributed by atoms with van der Waals surface area (Å²) in [5, 5.41) is 7.23. The number of aryl methyl sites for hydroxylation is 1. The third kappa shape index (κ3) is 5.02. The minimum atomic E-state index is -0.165. The van der Waals surface area contributed by atoms with E-state index in [1.54, 1.807) is 25.2 Å². The molecule has 1 aromatic carbocycles. The molecule has 0 bridgehead atoms. The Hall–Kier alpha value is -2.51. The number of carbonyl (C=O) groups is 1. The smallest absolute Gasteiger partial charge is 0.266 e. The van der Waals surface area contributed by atoms with Crippen molar-refractivity contribution in [3.8, 4) is 11.3 Å². The number of morpholine rings is 1. The molecule has 0 aliphatic carbocycles. The topological polar surface area (TPSA) is 76.5 Å². The van der Waals surface area contributed by atoms with E-state index >= 15 is 0 Å². The number of aromatic nitrogens is 2. The van der Waals surface area contributed by atoms with E-state index in [0.29, 0.717) is 23.8 Å². The number of hydrogen-bond donors (Lipinski definition) is 1. The lowest BCUT2D eigenvalue weighted by molar-refractivity contribution is 0.0187. The van der Waals surface area contributed by atoms with E-state index in [-0.39, 0.29) is 11.5 Å². The Morgan fingerprint density at radius 2 is 2.04 bits per heavy atom. The lowest BCUT2D eigenvalue weighted by Gasteiger charge is -2.32. The molecule has 1 N–H and O–H groups in total. The Balaban J connectivity index is 1.58. The summed E-state index contributed by atoms with van der Waals surface area (Å²) in [6.45, 7) is 6.27. The van der Waals surface area contributed by atoms with Gasteiger partial charge >= 0.3 is 0 Å². The van der Waals surface area contributed by atoms with Gasteiger partial charge in [-0.1, -0.05) is 12.1 Å². The van der Waals surface area contributed by atoms with E-state index in [1.165, 1.54) is 10.7 Å². The first-order chi connectivity index (χ1) is 13.0. The van der Waals surface area contributed by atoms with Crippen LogP contribution < -0.4 is 10.9 Å². The molecule has 3 rings (SSSR count). The van der Waals surface area contributed by atoms with E-state index in [9.17, 15) is 9.59 Å². The molecule has 2 aromatic rings. The summed E-state index contributed by atoms with van der Waals surface area (Å²) in [6.07, 6.45) is 0.897. The van der Waals surface area contributed by atoms with Crippen molar-refractivity contribution < 1.29 is 9.53 Å². The van der Waals surface area contributed by atoms with Gasteiger partial charge in [0.25, 0.3) is 11.5 Å². The van der Waals surface area contributed by atoms with E-state index in [0.717, 1.165) is 38.3 Å². The molecule has 1 aromatic heterocycles. The van der Waals surface area contributed by atoms with Gasteiger partial charge in [-0.05, 0) is 31.5 Å². The molecule has 1 atom stereocenters. The van der Waals surface area contributed by atoms with Gasteiger partial charge in [0.05, 0.1) is 18.9 Å². The lowest BCUT2D eigenvalue weighted by Crippen LogP contribution is -2.43. The number of amides is 1. The van der Waals surface area contributed by atoms with Gasteiger partial charge in [-0.25, -0.2) is 4.68 Å². The molecule has 1 amide bonds. The largest absolute Gasteiger partial charge is 0.379 e. The van der Waals surface area contributed by atoms with Crippen molar-refractivity contribution in [3.63, 3.8) is 0 Å². The Kier molecular flexibility index (Phi) is 6.36. The number of benzene rings is 1. The van der Waals surface area contributed by atoms with Gasteiger partial charge in [0.1, 0.15) is 0 Å². The van der Waals surface area contributed by atoms with Crippen LogP contribution in [0, 0.1) is 0 Å². The fourth-order valence-electron chi connectivity index (χ4n) is 3.17. The number of nitrogens with zero attached hydrogens (tertiary/aromatic N) is 3. The average Bonchev–Trinajstić information content (AvgIpc) is 2.70. The summed E-state index contributed by atoms with van der Waals surface area (Å²) in [6, 6.07) is 10.8. The summed E-state index contributed by atoms with van der Waals surface area (Å²) in [5.74, 6) is -0.101. The Morgan fingerprint density at radius 3 is 2.78 bits per heavy atom. The van der Waals surface area contributed by atoms with Crippen molar-refractivity contribution in [1.29, 1.82) is 0 Å². The zero-order chi connectivity index (χ0) is 19.2. The molecule has 27 heavy (non-hydrogen) atoms. The van der Waals surface area contributed by atoms with Gasteiger partial charge in [0, 0.05) is 49.9 Å². The molecule has 2 heterocycles. The summed E-state index contributed by atoms with van der Waals surface area (Å²) >= 11 is 0. The molecule has 144 valence electrons. The maximum Gasteiger partial charge on any atom is 0.266 e. The monoisotopic (exact) mass is 370 g/mol. The van der Waals surface area contributed by atoms with Gasteiger partial charge in [0.2, 0.25) is 0 Å². The second-order valence-corrected chi connectivity index (χ2v) is 6.80. The minimum Gasteiger partial charge on any atom is -0.379 e. The first kappa shape index (κ1) is 19.3. The van der Waals surface area contributed by atoms with Crippen molar-refractivity contribution in [3.05, 3.63) is 52.3 Å². The van der Waals surface area contributed by atoms with Gasteiger partial charge in [-0.2, -0.15) is 5.10 Å². The van der Waals surface area contributed by atoms with E-state index in [4.69, 9.17) is 4.74 Å². The third-order valence-electron chi connectivity index (χ3n) is 4.90. The van der Waals surface area contributed by atoms with Crippen LogP contribution in [0.3, 0.4) is 0 Å². The van der Waals surface area contributed by atoms with E-state index < -0.39 is 0 Å². The zero-order valence-corrected chi connectivity index (χ0v) is 15.9. The molecular formula is C20H26N4O3. The molecule has 1 aliphatic heterocycles. The summed E-state index contributed by atoms with van der Waals surface area (Å²) in [5.41, 5.74) is 1.89. The van der Waals surface area contributed by atoms with Crippen LogP contribution in [0.25, 0.3) is 11.3 Å². The summed E-state index contributed by atoms with van der Waals surface area (Å²) in [7, 11) is 1.61. The van der Waals surface area contributed by atoms with Crippen molar-refractivity contribution in [2.24, 2.45) is 7.05 Å². The number of rotatable bonds is 6. The van der Waals surface area contributed by atoms with Crippen LogP contribution >= 0.6 is 0 Å². The van der Waals surface area contributed by atoms with Gasteiger partial charge in [0.15, 0.2) is 0 Å². The molecule has 0 spiro atoms. The fourth-order valence-corrected chi connectivity index (χ4v) is 3.17. The number of ether oxygens (including phenoxy) is 1. The average molecular weight is 370 g/mol. The second kappa shape index (κ2) is 8.92. The second-order valence-electron chi connectivity index (χ2n) is 6.80. The first-order valence-electron chi connectivity index (χ1n) is 9.29. The zero-order valence-electron chi connectivity index (χ0n) is 15.9. The normalized spacial score (nSPS) is 16.1. The Labute approximate surface area is 158 Å². The molecule has 0 unspecified atom stereocenters. The van der Waals surface area contributed by atoms with Crippen LogP contribution in [0.15, 0.2) is 41.2 Å². The number of hydrogen-bond acceptors (Lipinski definition) is 5. The standard InChI is InChI=1S/C20H26N4O3/c1-15(24-10-12-27-13-11-24)8-9-21-20(26)17-5-3-4-16(14-17)18-6-7-19(25)23(2)22-18/h3-7,14-15H,8-13H2,1-2H3,(H,21,26)/t15-/m0/s1. The van der Waals surface area contributed by atoms with Crippen molar-refractivity contribution >= 4 is 5.91 Å². The molecule has 7 nitrogen and oxygen atoms in total. The summed E-state index contributed by atoms with van der Waals surface area (Å²) in [4.78, 5) is 26.4. The molecular weight excluding hydrogens is 344 g/mol. The molecule has 1 fully saturated rings. The third-order valence-corrected chi connectivity index (χ3v) is 4.90. The number of nitrogens with one attached hydrogen (secondary N) is 1. The lowest BCUT2D eigenvalue weighted by atomic mass is 10.1. The fraction of sp³-hybridized carbons (Fsp3) is 0.450. The van der Waals surface area contributed by atoms with Crippen LogP contribution in [0.5, 0.6) is 0 Å². The van der Waals surface area contributed by atoms with Crippen LogP contribution in [0.4, 0.5) is 0 Å². The highest BCUT2D eigenvalue weighted by molar-refractivity contribution is 5.95. The van der Waals surface area contributed by atoms with Crippen molar-refractivity contribution in [2.45, 2.75) is 19.4 Å². The predicted molar refractivity (Wildman–Crippen MR) is 104 cm³/mol. The molecule has 1 saturated heterocycles. The van der Waals surface area contributed by atoms with Crippen LogP contribution in [0.1, 0.15) is 23.7 Å². The van der Waals surface area contributed by atoms with Crippen LogP contribution in [-0.2, 0) is 11.8 Å². The predicted octanol–water partition coefficient (Wildman–Crippen LogP) is 1.29. The highest BCUT2D eigenvalue weighted by Gasteiger charge is 2.17. The van der Waals surface area contributed by atoms with Crippen molar-refractivity contribution in [2.75, 3.05) is 32.8 Å². The van der Waals surface area contributed by atoms with Crippen LogP contribution in [-0.4, -0.2) is 59.5 Å². The maximum absolute atomic E-state index is 12.5. The summed E-state index contributed by atoms with van der Waals surface area (Å²) < 4.78 is 6.66. The van der Waals surface area contributed by atoms with Crippen LogP contribution in [0.2, 0.25) is 0 Å². The molecule has 1 aliphatic rings. The Bertz CT molecular complexity index is 843. The first-order valence-corrected chi connectivity index (χ1v) is 9.29. The van der Waals surface area contributed by atoms with Gasteiger partial charge in [-0.15, -0.1) is 0 Å². The molecule has 0 radical (unpaired) electrons. The molecule has 0 saturated carbocycles. The highest BCUT2D eigenvalue weighted by Crippen LogP contribution is 2.17. The quantitative estimate of drug-likeness (QED) is 0.829. The maximum atomic E-state index is 12.5. The van der Waals surface area contributed by atoms with E-state index in [2.05, 4.69) is 22.2 Å². The van der Waals surface area contributed by atoms with Gasteiger partial charge in [-0.3, -0.25) is 14.5 Å². The highest BCUT2D eigenvalue weighted by atomic mass is 16.5. The van der Waals surface area contributed by atoms with Crippen molar-refractivity contribution in [1.82, 2.24) is 20.0 Å².